The number of rotatable bonds is 6. The van der Waals surface area contributed by atoms with Crippen molar-refractivity contribution in [2.45, 2.75) is 45.2 Å². The van der Waals surface area contributed by atoms with E-state index >= 15 is 0 Å². The van der Waals surface area contributed by atoms with Crippen LogP contribution in [0.1, 0.15) is 43.6 Å². The van der Waals surface area contributed by atoms with Gasteiger partial charge in [-0.2, -0.15) is 5.10 Å². The molecule has 0 unspecified atom stereocenters. The topological polar surface area (TPSA) is 116 Å². The van der Waals surface area contributed by atoms with Gasteiger partial charge in [-0.05, 0) is 26.2 Å². The Balaban J connectivity index is 0.00000306. The van der Waals surface area contributed by atoms with Gasteiger partial charge < -0.3 is 20.2 Å². The summed E-state index contributed by atoms with van der Waals surface area (Å²) >= 11 is 1.54. The van der Waals surface area contributed by atoms with Crippen molar-refractivity contribution < 1.29 is 14.7 Å². The number of halogens is 1. The van der Waals surface area contributed by atoms with Crippen molar-refractivity contribution in [1.82, 2.24) is 29.4 Å². The number of fused-ring (bicyclic) bond motifs is 1. The van der Waals surface area contributed by atoms with Crippen LogP contribution < -0.4 is 5.32 Å². The smallest absolute Gasteiger partial charge is 0.407 e. The maximum absolute atomic E-state index is 13.3. The lowest BCUT2D eigenvalue weighted by molar-refractivity contribution is 0.0638. The molecule has 0 aliphatic carbocycles. The minimum Gasteiger partial charge on any atom is -0.465 e. The van der Waals surface area contributed by atoms with E-state index < -0.39 is 6.09 Å². The lowest BCUT2D eigenvalue weighted by Crippen LogP contribution is -2.47. The highest BCUT2D eigenvalue weighted by Crippen LogP contribution is 2.27. The molecule has 1 aliphatic heterocycles. The van der Waals surface area contributed by atoms with Crippen molar-refractivity contribution >= 4 is 46.4 Å². The second kappa shape index (κ2) is 10.3. The summed E-state index contributed by atoms with van der Waals surface area (Å²) in [4.78, 5) is 37.8. The van der Waals surface area contributed by atoms with E-state index in [2.05, 4.69) is 34.2 Å². The molecule has 0 radical (unpaired) electrons. The van der Waals surface area contributed by atoms with E-state index in [0.717, 1.165) is 16.8 Å². The van der Waals surface area contributed by atoms with Gasteiger partial charge in [-0.3, -0.25) is 4.79 Å². The van der Waals surface area contributed by atoms with Gasteiger partial charge in [0.15, 0.2) is 5.82 Å². The highest BCUT2D eigenvalue weighted by atomic mass is 35.5. The summed E-state index contributed by atoms with van der Waals surface area (Å²) in [7, 11) is 1.57. The number of amides is 2. The van der Waals surface area contributed by atoms with Crippen LogP contribution >= 0.6 is 23.7 Å². The summed E-state index contributed by atoms with van der Waals surface area (Å²) in [6.07, 6.45) is 4.76. The first-order chi connectivity index (χ1) is 15.4. The van der Waals surface area contributed by atoms with Gasteiger partial charge >= 0.3 is 6.09 Å². The van der Waals surface area contributed by atoms with Crippen LogP contribution in [0.25, 0.3) is 16.2 Å². The number of nitrogens with zero attached hydrogens (tertiary/aromatic N) is 6. The third-order valence-corrected chi connectivity index (χ3v) is 6.81. The number of carbonyl (C=O) groups excluding carboxylic acids is 1. The fourth-order valence-corrected chi connectivity index (χ4v) is 4.55. The normalized spacial score (nSPS) is 15.2. The summed E-state index contributed by atoms with van der Waals surface area (Å²) in [5.41, 5.74) is 1.10. The van der Waals surface area contributed by atoms with Gasteiger partial charge in [0, 0.05) is 49.9 Å². The Morgan fingerprint density at radius 3 is 2.73 bits per heavy atom. The molecule has 0 aromatic carbocycles. The third-order valence-electron chi connectivity index (χ3n) is 5.93. The molecule has 4 heterocycles. The summed E-state index contributed by atoms with van der Waals surface area (Å²) in [5.74, 6) is 0.885. The lowest BCUT2D eigenvalue weighted by atomic mass is 10.0. The largest absolute Gasteiger partial charge is 0.465 e. The van der Waals surface area contributed by atoms with Gasteiger partial charge in [0.2, 0.25) is 0 Å². The standard InChI is InChI=1S/C21H27N7O3S.ClH/c1-4-13(2)23-17-11-16(19(29)27-7-5-14(6-8-27)26(3)21(30)31)24-18(25-17)15-12-22-28-9-10-32-20(15)28;/h9-14H,4-8H2,1-3H3,(H,30,31)(H,23,24,25);1H/t13-;/m0./s1. The van der Waals surface area contributed by atoms with Crippen LogP contribution in [0.4, 0.5) is 10.6 Å². The van der Waals surface area contributed by atoms with Crippen molar-refractivity contribution in [3.63, 3.8) is 0 Å². The van der Waals surface area contributed by atoms with E-state index in [4.69, 9.17) is 0 Å². The van der Waals surface area contributed by atoms with Crippen LogP contribution in [0.2, 0.25) is 0 Å². The monoisotopic (exact) mass is 493 g/mol. The Morgan fingerprint density at radius 2 is 2.06 bits per heavy atom. The molecule has 2 amide bonds. The van der Waals surface area contributed by atoms with E-state index in [9.17, 15) is 14.7 Å². The number of thiazole rings is 1. The first-order valence-corrected chi connectivity index (χ1v) is 11.6. The van der Waals surface area contributed by atoms with Crippen LogP contribution in [0, 0.1) is 0 Å². The second-order valence-corrected chi connectivity index (χ2v) is 8.94. The first-order valence-electron chi connectivity index (χ1n) is 10.7. The molecule has 3 aromatic rings. The molecule has 1 fully saturated rings. The van der Waals surface area contributed by atoms with Gasteiger partial charge in [0.25, 0.3) is 5.91 Å². The zero-order valence-corrected chi connectivity index (χ0v) is 20.4. The quantitative estimate of drug-likeness (QED) is 0.537. The van der Waals surface area contributed by atoms with Gasteiger partial charge in [0.1, 0.15) is 16.3 Å². The number of carbonyl (C=O) groups is 2. The number of carboxylic acid groups (broad SMARTS) is 1. The van der Waals surface area contributed by atoms with Gasteiger partial charge in [-0.1, -0.05) is 6.92 Å². The zero-order chi connectivity index (χ0) is 22.8. The first kappa shape index (κ1) is 24.7. The van der Waals surface area contributed by atoms with Gasteiger partial charge in [-0.15, -0.1) is 23.7 Å². The molecule has 1 aliphatic rings. The van der Waals surface area contributed by atoms with Crippen molar-refractivity contribution in [2.75, 3.05) is 25.5 Å². The Labute approximate surface area is 202 Å². The molecule has 3 aromatic heterocycles. The van der Waals surface area contributed by atoms with E-state index in [1.165, 1.54) is 16.2 Å². The number of anilines is 1. The molecule has 2 N–H and O–H groups in total. The molecule has 0 bridgehead atoms. The Bertz CT molecular complexity index is 1130. The number of piperidine rings is 1. The highest BCUT2D eigenvalue weighted by molar-refractivity contribution is 7.16. The van der Waals surface area contributed by atoms with Crippen LogP contribution in [-0.2, 0) is 0 Å². The van der Waals surface area contributed by atoms with Crippen LogP contribution in [-0.4, -0.2) is 78.7 Å². The molecule has 1 atom stereocenters. The average Bonchev–Trinajstić information content (AvgIpc) is 3.42. The summed E-state index contributed by atoms with van der Waals surface area (Å²) in [6.45, 7) is 5.11. The lowest BCUT2D eigenvalue weighted by Gasteiger charge is -2.35. The molecular weight excluding hydrogens is 466 g/mol. The van der Waals surface area contributed by atoms with Crippen LogP contribution in [0.3, 0.4) is 0 Å². The molecule has 12 heteroatoms. The van der Waals surface area contributed by atoms with E-state index in [1.807, 2.05) is 11.6 Å². The summed E-state index contributed by atoms with van der Waals surface area (Å²) in [6, 6.07) is 1.80. The van der Waals surface area contributed by atoms with Gasteiger partial charge in [-0.25, -0.2) is 19.3 Å². The second-order valence-electron chi connectivity index (χ2n) is 8.04. The molecule has 10 nitrogen and oxygen atoms in total. The Hall–Kier alpha value is -2.92. The maximum atomic E-state index is 13.3. The number of hydrogen-bond donors (Lipinski definition) is 2. The molecule has 178 valence electrons. The summed E-state index contributed by atoms with van der Waals surface area (Å²) in [5, 5.41) is 18.8. The molecule has 1 saturated heterocycles. The minimum atomic E-state index is -0.947. The average molecular weight is 494 g/mol. The Kier molecular flexibility index (Phi) is 7.75. The molecule has 33 heavy (non-hydrogen) atoms. The van der Waals surface area contributed by atoms with Crippen molar-refractivity contribution in [1.29, 1.82) is 0 Å². The number of nitrogens with one attached hydrogen (secondary N) is 1. The van der Waals surface area contributed by atoms with E-state index in [1.54, 1.807) is 28.7 Å². The maximum Gasteiger partial charge on any atom is 0.407 e. The number of likely N-dealkylation sites (tertiary alicyclic amines) is 1. The molecular formula is C21H28ClN7O3S. The molecule has 0 saturated carbocycles. The van der Waals surface area contributed by atoms with Crippen molar-refractivity contribution in [3.8, 4) is 11.4 Å². The highest BCUT2D eigenvalue weighted by Gasteiger charge is 2.29. The summed E-state index contributed by atoms with van der Waals surface area (Å²) < 4.78 is 1.77. The fourth-order valence-electron chi connectivity index (χ4n) is 3.76. The van der Waals surface area contributed by atoms with Crippen molar-refractivity contribution in [3.05, 3.63) is 29.5 Å². The van der Waals surface area contributed by atoms with Crippen LogP contribution in [0.5, 0.6) is 0 Å². The van der Waals surface area contributed by atoms with E-state index in [-0.39, 0.29) is 30.4 Å². The number of aromatic nitrogens is 4. The molecule has 0 spiro atoms. The van der Waals surface area contributed by atoms with Crippen LogP contribution in [0.15, 0.2) is 23.8 Å². The third kappa shape index (κ3) is 5.19. The van der Waals surface area contributed by atoms with Crippen molar-refractivity contribution in [2.24, 2.45) is 0 Å². The Morgan fingerprint density at radius 1 is 1.33 bits per heavy atom. The molecule has 4 rings (SSSR count). The van der Waals surface area contributed by atoms with E-state index in [0.29, 0.717) is 43.3 Å². The zero-order valence-electron chi connectivity index (χ0n) is 18.8. The van der Waals surface area contributed by atoms with Gasteiger partial charge in [0.05, 0.1) is 11.8 Å². The minimum absolute atomic E-state index is 0. The predicted molar refractivity (Wildman–Crippen MR) is 129 cm³/mol. The predicted octanol–water partition coefficient (Wildman–Crippen LogP) is 3.70. The SMILES string of the molecule is CC[C@H](C)Nc1cc(C(=O)N2CCC(N(C)C(=O)O)CC2)nc(-c2cnn3ccsc23)n1.Cl. The fraction of sp³-hybridized carbons (Fsp3) is 0.476. The number of hydrogen-bond acceptors (Lipinski definition) is 7.